The standard InChI is InChI=1S/C25H28N6O2/c1-29-13-15-30(16-14-29)12-11-19-17-22-25(33-20-7-4-3-5-8-20)27-24(28-31(22)18-19)21-9-6-10-23(26-21)32-2/h3-10,17-18H,11-16H2,1-2H3. The van der Waals surface area contributed by atoms with Gasteiger partial charge in [0.2, 0.25) is 17.6 Å². The minimum absolute atomic E-state index is 0.480. The van der Waals surface area contributed by atoms with Crippen LogP contribution in [0.25, 0.3) is 17.0 Å². The molecule has 0 aliphatic carbocycles. The third-order valence-corrected chi connectivity index (χ3v) is 5.92. The van der Waals surface area contributed by atoms with Crippen molar-refractivity contribution in [3.8, 4) is 29.0 Å². The molecule has 5 rings (SSSR count). The Bertz CT molecular complexity index is 1220. The zero-order valence-electron chi connectivity index (χ0n) is 19.0. The lowest BCUT2D eigenvalue weighted by molar-refractivity contribution is 0.155. The lowest BCUT2D eigenvalue weighted by Gasteiger charge is -2.32. The second-order valence-corrected chi connectivity index (χ2v) is 8.29. The Labute approximate surface area is 193 Å². The van der Waals surface area contributed by atoms with Crippen LogP contribution in [0.4, 0.5) is 0 Å². The summed E-state index contributed by atoms with van der Waals surface area (Å²) in [5.74, 6) is 2.22. The Balaban J connectivity index is 1.47. The van der Waals surface area contributed by atoms with Gasteiger partial charge >= 0.3 is 0 Å². The summed E-state index contributed by atoms with van der Waals surface area (Å²) in [5, 5.41) is 4.74. The highest BCUT2D eigenvalue weighted by Gasteiger charge is 2.17. The molecule has 4 heterocycles. The van der Waals surface area contributed by atoms with Gasteiger partial charge in [0.25, 0.3) is 0 Å². The van der Waals surface area contributed by atoms with Crippen molar-refractivity contribution in [2.75, 3.05) is 46.9 Å². The second kappa shape index (κ2) is 9.56. The van der Waals surface area contributed by atoms with Crippen molar-refractivity contribution in [1.29, 1.82) is 0 Å². The predicted molar refractivity (Wildman–Crippen MR) is 127 cm³/mol. The number of methoxy groups -OCH3 is 1. The van der Waals surface area contributed by atoms with E-state index in [4.69, 9.17) is 19.6 Å². The van der Waals surface area contributed by atoms with E-state index in [0.29, 0.717) is 23.3 Å². The number of fused-ring (bicyclic) bond motifs is 1. The van der Waals surface area contributed by atoms with Crippen LogP contribution in [0, 0.1) is 0 Å². The van der Waals surface area contributed by atoms with Gasteiger partial charge in [0, 0.05) is 45.0 Å². The summed E-state index contributed by atoms with van der Waals surface area (Å²) in [6.45, 7) is 5.48. The van der Waals surface area contributed by atoms with Gasteiger partial charge in [0.05, 0.1) is 7.11 Å². The topological polar surface area (TPSA) is 68.0 Å². The van der Waals surface area contributed by atoms with Crippen LogP contribution in [0.2, 0.25) is 0 Å². The number of pyridine rings is 1. The number of aromatic nitrogens is 4. The quantitative estimate of drug-likeness (QED) is 0.433. The lowest BCUT2D eigenvalue weighted by atomic mass is 10.2. The highest BCUT2D eigenvalue weighted by Crippen LogP contribution is 2.28. The smallest absolute Gasteiger partial charge is 0.247 e. The van der Waals surface area contributed by atoms with Crippen LogP contribution >= 0.6 is 0 Å². The van der Waals surface area contributed by atoms with Crippen molar-refractivity contribution in [2.24, 2.45) is 0 Å². The molecule has 170 valence electrons. The van der Waals surface area contributed by atoms with Crippen LogP contribution in [-0.4, -0.2) is 76.3 Å². The molecule has 1 fully saturated rings. The number of piperazine rings is 1. The fourth-order valence-electron chi connectivity index (χ4n) is 3.96. The van der Waals surface area contributed by atoms with Crippen molar-refractivity contribution in [3.05, 3.63) is 66.4 Å². The molecule has 0 saturated carbocycles. The van der Waals surface area contributed by atoms with Crippen LogP contribution in [0.1, 0.15) is 5.56 Å². The number of ether oxygens (including phenoxy) is 2. The number of para-hydroxylation sites is 1. The van der Waals surface area contributed by atoms with Crippen LogP contribution in [0.3, 0.4) is 0 Å². The van der Waals surface area contributed by atoms with E-state index < -0.39 is 0 Å². The molecule has 0 N–H and O–H groups in total. The molecular formula is C25H28N6O2. The van der Waals surface area contributed by atoms with E-state index in [2.05, 4.69) is 34.1 Å². The summed E-state index contributed by atoms with van der Waals surface area (Å²) >= 11 is 0. The van der Waals surface area contributed by atoms with E-state index in [1.165, 1.54) is 5.56 Å². The SMILES string of the molecule is COc1cccc(-c2nc(Oc3ccccc3)c3cc(CCN4CCN(C)CC4)cn3n2)n1. The zero-order valence-corrected chi connectivity index (χ0v) is 19.0. The third-order valence-electron chi connectivity index (χ3n) is 5.92. The maximum absolute atomic E-state index is 6.18. The van der Waals surface area contributed by atoms with Gasteiger partial charge in [0.15, 0.2) is 0 Å². The molecule has 1 saturated heterocycles. The van der Waals surface area contributed by atoms with Crippen LogP contribution in [0.15, 0.2) is 60.8 Å². The van der Waals surface area contributed by atoms with E-state index in [0.717, 1.165) is 50.4 Å². The number of hydrogen-bond donors (Lipinski definition) is 0. The Morgan fingerprint density at radius 2 is 1.76 bits per heavy atom. The van der Waals surface area contributed by atoms with E-state index in [-0.39, 0.29) is 0 Å². The van der Waals surface area contributed by atoms with Crippen molar-refractivity contribution in [3.63, 3.8) is 0 Å². The van der Waals surface area contributed by atoms with Gasteiger partial charge in [-0.1, -0.05) is 24.3 Å². The molecule has 0 atom stereocenters. The molecule has 8 nitrogen and oxygen atoms in total. The van der Waals surface area contributed by atoms with Crippen molar-refractivity contribution in [1.82, 2.24) is 29.4 Å². The maximum atomic E-state index is 6.18. The summed E-state index contributed by atoms with van der Waals surface area (Å²) in [5.41, 5.74) is 2.66. The molecule has 1 aliphatic rings. The summed E-state index contributed by atoms with van der Waals surface area (Å²) in [4.78, 5) is 14.1. The summed E-state index contributed by atoms with van der Waals surface area (Å²) < 4.78 is 13.3. The van der Waals surface area contributed by atoms with E-state index in [9.17, 15) is 0 Å². The molecule has 8 heteroatoms. The number of hydrogen-bond acceptors (Lipinski definition) is 7. The fourth-order valence-corrected chi connectivity index (χ4v) is 3.96. The monoisotopic (exact) mass is 444 g/mol. The Hall–Kier alpha value is -3.49. The fraction of sp³-hybridized carbons (Fsp3) is 0.320. The molecular weight excluding hydrogens is 416 g/mol. The Morgan fingerprint density at radius 1 is 0.939 bits per heavy atom. The minimum Gasteiger partial charge on any atom is -0.481 e. The highest BCUT2D eigenvalue weighted by molar-refractivity contribution is 5.62. The average molecular weight is 445 g/mol. The molecule has 33 heavy (non-hydrogen) atoms. The first-order valence-corrected chi connectivity index (χ1v) is 11.2. The minimum atomic E-state index is 0.480. The first-order chi connectivity index (χ1) is 16.2. The van der Waals surface area contributed by atoms with E-state index >= 15 is 0 Å². The second-order valence-electron chi connectivity index (χ2n) is 8.29. The van der Waals surface area contributed by atoms with Crippen molar-refractivity contribution < 1.29 is 9.47 Å². The number of benzene rings is 1. The summed E-state index contributed by atoms with van der Waals surface area (Å²) in [6, 6.07) is 17.3. The van der Waals surface area contributed by atoms with Crippen LogP contribution < -0.4 is 9.47 Å². The van der Waals surface area contributed by atoms with Gasteiger partial charge in [-0.2, -0.15) is 4.98 Å². The largest absolute Gasteiger partial charge is 0.481 e. The first kappa shape index (κ1) is 21.4. The molecule has 0 radical (unpaired) electrons. The van der Waals surface area contributed by atoms with E-state index in [1.807, 2.05) is 47.0 Å². The molecule has 4 aromatic rings. The Kier molecular flexibility index (Phi) is 6.19. The molecule has 0 unspecified atom stereocenters. The van der Waals surface area contributed by atoms with Gasteiger partial charge in [-0.25, -0.2) is 9.50 Å². The van der Waals surface area contributed by atoms with Crippen LogP contribution in [-0.2, 0) is 6.42 Å². The molecule has 0 bridgehead atoms. The van der Waals surface area contributed by atoms with Gasteiger partial charge < -0.3 is 19.3 Å². The van der Waals surface area contributed by atoms with Gasteiger partial charge in [-0.15, -0.1) is 5.10 Å². The first-order valence-electron chi connectivity index (χ1n) is 11.2. The molecule has 3 aromatic heterocycles. The molecule has 1 aliphatic heterocycles. The summed E-state index contributed by atoms with van der Waals surface area (Å²) in [7, 11) is 3.78. The van der Waals surface area contributed by atoms with Crippen molar-refractivity contribution >= 4 is 5.52 Å². The number of rotatable bonds is 7. The van der Waals surface area contributed by atoms with Crippen LogP contribution in [0.5, 0.6) is 17.5 Å². The van der Waals surface area contributed by atoms with Gasteiger partial charge in [-0.05, 0) is 43.3 Å². The highest BCUT2D eigenvalue weighted by atomic mass is 16.5. The normalized spacial score (nSPS) is 15.1. The van der Waals surface area contributed by atoms with E-state index in [1.54, 1.807) is 13.2 Å². The molecule has 0 spiro atoms. The zero-order chi connectivity index (χ0) is 22.6. The average Bonchev–Trinajstić information content (AvgIpc) is 3.28. The predicted octanol–water partition coefficient (Wildman–Crippen LogP) is 3.38. The van der Waals surface area contributed by atoms with Crippen molar-refractivity contribution in [2.45, 2.75) is 6.42 Å². The number of likely N-dealkylation sites (N-methyl/N-ethyl adjacent to an activating group) is 1. The third kappa shape index (κ3) is 4.97. The number of nitrogens with zero attached hydrogens (tertiary/aromatic N) is 6. The molecule has 1 aromatic carbocycles. The molecule has 0 amide bonds. The van der Waals surface area contributed by atoms with Gasteiger partial charge in [-0.3, -0.25) is 0 Å². The lowest BCUT2D eigenvalue weighted by Crippen LogP contribution is -2.45. The van der Waals surface area contributed by atoms with Gasteiger partial charge in [0.1, 0.15) is 17.0 Å². The maximum Gasteiger partial charge on any atom is 0.247 e. The Morgan fingerprint density at radius 3 is 2.55 bits per heavy atom. The summed E-state index contributed by atoms with van der Waals surface area (Å²) in [6.07, 6.45) is 3.01.